The fraction of sp³-hybridized carbons (Fsp3) is 0.556. The minimum Gasteiger partial charge on any atom is -0.353 e. The van der Waals surface area contributed by atoms with Crippen molar-refractivity contribution in [3.63, 3.8) is 0 Å². The Balaban J connectivity index is 1.73. The van der Waals surface area contributed by atoms with E-state index < -0.39 is 0 Å². The predicted octanol–water partition coefficient (Wildman–Crippen LogP) is 1.97. The summed E-state index contributed by atoms with van der Waals surface area (Å²) in [6, 6.07) is 1.98. The molecule has 2 aromatic heterocycles. The molecule has 1 aliphatic rings. The first-order valence-corrected chi connectivity index (χ1v) is 8.64. The van der Waals surface area contributed by atoms with Crippen molar-refractivity contribution in [3.8, 4) is 5.82 Å². The van der Waals surface area contributed by atoms with Crippen molar-refractivity contribution in [2.75, 3.05) is 31.1 Å². The molecule has 1 aliphatic heterocycles. The number of anilines is 1. The third-order valence-corrected chi connectivity index (χ3v) is 4.67. The van der Waals surface area contributed by atoms with E-state index in [4.69, 9.17) is 0 Å². The lowest BCUT2D eigenvalue weighted by Gasteiger charge is -2.38. The van der Waals surface area contributed by atoms with Gasteiger partial charge in [-0.25, -0.2) is 15.0 Å². The number of imidazole rings is 1. The zero-order chi connectivity index (χ0) is 18.2. The summed E-state index contributed by atoms with van der Waals surface area (Å²) in [6.07, 6.45) is 3.38. The van der Waals surface area contributed by atoms with Gasteiger partial charge in [0.15, 0.2) is 0 Å². The van der Waals surface area contributed by atoms with Gasteiger partial charge in [0.05, 0.1) is 5.69 Å². The van der Waals surface area contributed by atoms with E-state index in [1.165, 1.54) is 0 Å². The number of carbonyl (C=O) groups is 1. The second-order valence-corrected chi connectivity index (χ2v) is 7.55. The maximum absolute atomic E-state index is 12.4. The van der Waals surface area contributed by atoms with E-state index in [0.717, 1.165) is 49.2 Å². The quantitative estimate of drug-likeness (QED) is 0.835. The van der Waals surface area contributed by atoms with Gasteiger partial charge in [-0.2, -0.15) is 0 Å². The van der Waals surface area contributed by atoms with E-state index >= 15 is 0 Å². The lowest BCUT2D eigenvalue weighted by atomic mass is 9.94. The minimum atomic E-state index is -0.332. The zero-order valence-electron chi connectivity index (χ0n) is 15.7. The number of aromatic nitrogens is 4. The maximum atomic E-state index is 12.4. The van der Waals surface area contributed by atoms with Crippen molar-refractivity contribution in [1.82, 2.24) is 24.4 Å². The normalized spacial score (nSPS) is 15.6. The molecule has 0 unspecified atom stereocenters. The molecular formula is C18H26N6O. The fourth-order valence-corrected chi connectivity index (χ4v) is 2.98. The number of piperazine rings is 1. The SMILES string of the molecule is Cc1ncn(-c2cc(N3CCN(C(=O)C(C)(C)C)CC3)ncn2)c1C. The monoisotopic (exact) mass is 342 g/mol. The summed E-state index contributed by atoms with van der Waals surface area (Å²) >= 11 is 0. The van der Waals surface area contributed by atoms with Gasteiger partial charge in [-0.15, -0.1) is 0 Å². The van der Waals surface area contributed by atoms with Gasteiger partial charge < -0.3 is 9.80 Å². The number of aryl methyl sites for hydroxylation is 1. The minimum absolute atomic E-state index is 0.208. The lowest BCUT2D eigenvalue weighted by Crippen LogP contribution is -2.51. The number of hydrogen-bond acceptors (Lipinski definition) is 5. The van der Waals surface area contributed by atoms with Crippen LogP contribution in [-0.2, 0) is 4.79 Å². The van der Waals surface area contributed by atoms with Gasteiger partial charge >= 0.3 is 0 Å². The molecule has 1 amide bonds. The van der Waals surface area contributed by atoms with Gasteiger partial charge in [0, 0.05) is 43.4 Å². The van der Waals surface area contributed by atoms with Crippen LogP contribution in [0.2, 0.25) is 0 Å². The molecule has 3 rings (SSSR count). The highest BCUT2D eigenvalue weighted by Gasteiger charge is 2.30. The molecule has 0 radical (unpaired) electrons. The Morgan fingerprint density at radius 3 is 2.20 bits per heavy atom. The van der Waals surface area contributed by atoms with Crippen molar-refractivity contribution in [2.45, 2.75) is 34.6 Å². The van der Waals surface area contributed by atoms with E-state index in [1.807, 2.05) is 50.2 Å². The molecule has 7 nitrogen and oxygen atoms in total. The van der Waals surface area contributed by atoms with Crippen LogP contribution < -0.4 is 4.90 Å². The molecule has 0 N–H and O–H groups in total. The highest BCUT2D eigenvalue weighted by atomic mass is 16.2. The van der Waals surface area contributed by atoms with E-state index in [2.05, 4.69) is 19.9 Å². The van der Waals surface area contributed by atoms with Gasteiger partial charge in [0.1, 0.15) is 24.3 Å². The molecule has 25 heavy (non-hydrogen) atoms. The first-order valence-electron chi connectivity index (χ1n) is 8.64. The highest BCUT2D eigenvalue weighted by Crippen LogP contribution is 2.21. The largest absolute Gasteiger partial charge is 0.353 e. The summed E-state index contributed by atoms with van der Waals surface area (Å²) in [7, 11) is 0. The van der Waals surface area contributed by atoms with Gasteiger partial charge in [0.2, 0.25) is 5.91 Å². The Morgan fingerprint density at radius 2 is 1.64 bits per heavy atom. The molecule has 0 saturated carbocycles. The molecule has 0 spiro atoms. The van der Waals surface area contributed by atoms with Crippen LogP contribution in [0, 0.1) is 19.3 Å². The predicted molar refractivity (Wildman–Crippen MR) is 96.9 cm³/mol. The Morgan fingerprint density at radius 1 is 1.00 bits per heavy atom. The van der Waals surface area contributed by atoms with Crippen LogP contribution in [0.3, 0.4) is 0 Å². The van der Waals surface area contributed by atoms with Gasteiger partial charge in [-0.3, -0.25) is 9.36 Å². The topological polar surface area (TPSA) is 67.2 Å². The van der Waals surface area contributed by atoms with E-state index in [0.29, 0.717) is 0 Å². The van der Waals surface area contributed by atoms with Crippen LogP contribution in [0.4, 0.5) is 5.82 Å². The molecule has 3 heterocycles. The smallest absolute Gasteiger partial charge is 0.228 e. The first kappa shape index (κ1) is 17.4. The maximum Gasteiger partial charge on any atom is 0.228 e. The number of carbonyl (C=O) groups excluding carboxylic acids is 1. The van der Waals surface area contributed by atoms with E-state index in [9.17, 15) is 4.79 Å². The van der Waals surface area contributed by atoms with Crippen LogP contribution in [0.15, 0.2) is 18.7 Å². The molecule has 1 saturated heterocycles. The van der Waals surface area contributed by atoms with Gasteiger partial charge in [-0.1, -0.05) is 20.8 Å². The Kier molecular flexibility index (Phi) is 4.49. The molecule has 2 aromatic rings. The second-order valence-electron chi connectivity index (χ2n) is 7.55. The second kappa shape index (κ2) is 6.46. The zero-order valence-corrected chi connectivity index (χ0v) is 15.7. The summed E-state index contributed by atoms with van der Waals surface area (Å²) in [4.78, 5) is 29.7. The first-order chi connectivity index (χ1) is 11.8. The van der Waals surface area contributed by atoms with Crippen molar-refractivity contribution in [1.29, 1.82) is 0 Å². The van der Waals surface area contributed by atoms with E-state index in [1.54, 1.807) is 12.7 Å². The van der Waals surface area contributed by atoms with Crippen molar-refractivity contribution in [2.24, 2.45) is 5.41 Å². The standard InChI is InChI=1S/C18H26N6O/c1-13-14(2)24(12-21-13)16-10-15(19-11-20-16)22-6-8-23(9-7-22)17(25)18(3,4)5/h10-12H,6-9H2,1-5H3. The average molecular weight is 342 g/mol. The molecular weight excluding hydrogens is 316 g/mol. The van der Waals surface area contributed by atoms with Crippen molar-refractivity contribution in [3.05, 3.63) is 30.1 Å². The Hall–Kier alpha value is -2.44. The average Bonchev–Trinajstić information content (AvgIpc) is 2.93. The number of nitrogens with zero attached hydrogens (tertiary/aromatic N) is 6. The highest BCUT2D eigenvalue weighted by molar-refractivity contribution is 5.81. The number of hydrogen-bond donors (Lipinski definition) is 0. The van der Waals surface area contributed by atoms with Crippen LogP contribution in [0.1, 0.15) is 32.2 Å². The third-order valence-electron chi connectivity index (χ3n) is 4.67. The Bertz CT molecular complexity index is 768. The molecule has 0 bridgehead atoms. The summed E-state index contributed by atoms with van der Waals surface area (Å²) < 4.78 is 1.97. The number of rotatable bonds is 2. The molecule has 0 atom stereocenters. The molecule has 0 aliphatic carbocycles. The van der Waals surface area contributed by atoms with Crippen LogP contribution >= 0.6 is 0 Å². The van der Waals surface area contributed by atoms with E-state index in [-0.39, 0.29) is 11.3 Å². The van der Waals surface area contributed by atoms with Crippen molar-refractivity contribution < 1.29 is 4.79 Å². The fourth-order valence-electron chi connectivity index (χ4n) is 2.98. The number of amides is 1. The Labute approximate surface area is 148 Å². The van der Waals surface area contributed by atoms with Gasteiger partial charge in [0.25, 0.3) is 0 Å². The van der Waals surface area contributed by atoms with Crippen LogP contribution in [0.5, 0.6) is 0 Å². The molecule has 0 aromatic carbocycles. The summed E-state index contributed by atoms with van der Waals surface area (Å²) in [5, 5.41) is 0. The molecule has 1 fully saturated rings. The summed E-state index contributed by atoms with van der Waals surface area (Å²) in [5.74, 6) is 1.91. The third kappa shape index (κ3) is 3.50. The van der Waals surface area contributed by atoms with Crippen LogP contribution in [-0.4, -0.2) is 56.5 Å². The molecule has 134 valence electrons. The molecule has 7 heteroatoms. The summed E-state index contributed by atoms with van der Waals surface area (Å²) in [5.41, 5.74) is 1.74. The summed E-state index contributed by atoms with van der Waals surface area (Å²) in [6.45, 7) is 12.9. The lowest BCUT2D eigenvalue weighted by molar-refractivity contribution is -0.139. The van der Waals surface area contributed by atoms with Crippen molar-refractivity contribution >= 4 is 11.7 Å². The van der Waals surface area contributed by atoms with Gasteiger partial charge in [-0.05, 0) is 13.8 Å². The van der Waals surface area contributed by atoms with Crippen LogP contribution in [0.25, 0.3) is 5.82 Å².